The van der Waals surface area contributed by atoms with Crippen molar-refractivity contribution in [3.05, 3.63) is 39.6 Å². The Hall–Kier alpha value is -1.40. The zero-order valence-corrected chi connectivity index (χ0v) is 14.1. The number of hydrogen-bond donors (Lipinski definition) is 1. The van der Waals surface area contributed by atoms with E-state index in [1.807, 2.05) is 19.1 Å². The van der Waals surface area contributed by atoms with Gasteiger partial charge in [0.2, 0.25) is 0 Å². The lowest BCUT2D eigenvalue weighted by Crippen LogP contribution is -2.19. The van der Waals surface area contributed by atoms with Gasteiger partial charge in [-0.3, -0.25) is 0 Å². The number of nitrogens with one attached hydrogen (secondary N) is 1. The molecule has 0 unspecified atom stereocenters. The Labute approximate surface area is 133 Å². The van der Waals surface area contributed by atoms with Gasteiger partial charge in [0, 0.05) is 16.6 Å². The molecule has 2 rings (SSSR count). The molecule has 0 bridgehead atoms. The van der Waals surface area contributed by atoms with Crippen LogP contribution in [-0.2, 0) is 13.2 Å². The van der Waals surface area contributed by atoms with Crippen molar-refractivity contribution < 1.29 is 9.37 Å². The van der Waals surface area contributed by atoms with Gasteiger partial charge in [-0.25, -0.2) is 4.63 Å². The van der Waals surface area contributed by atoms with E-state index >= 15 is 0 Å². The highest BCUT2D eigenvalue weighted by Gasteiger charge is 2.09. The third-order valence-electron chi connectivity index (χ3n) is 3.00. The molecule has 1 aromatic carbocycles. The molecule has 0 saturated carbocycles. The number of rotatable bonds is 7. The van der Waals surface area contributed by atoms with Gasteiger partial charge in [0.15, 0.2) is 0 Å². The fraction of sp³-hybridized carbons (Fsp3) is 0.467. The minimum atomic E-state index is 0.355. The first-order chi connectivity index (χ1) is 10.1. The molecular weight excluding hydrogens is 334 g/mol. The van der Waals surface area contributed by atoms with Gasteiger partial charge in [-0.05, 0) is 37.6 Å². The Kier molecular flexibility index (Phi) is 5.76. The van der Waals surface area contributed by atoms with E-state index < -0.39 is 0 Å². The van der Waals surface area contributed by atoms with Gasteiger partial charge in [0.05, 0.1) is 0 Å². The van der Waals surface area contributed by atoms with E-state index in [2.05, 4.69) is 56.1 Å². The molecule has 0 aliphatic heterocycles. The molecule has 6 heteroatoms. The lowest BCUT2D eigenvalue weighted by atomic mass is 10.2. The van der Waals surface area contributed by atoms with Crippen LogP contribution in [-0.4, -0.2) is 16.9 Å². The predicted molar refractivity (Wildman–Crippen MR) is 84.1 cm³/mol. The molecule has 114 valence electrons. The van der Waals surface area contributed by atoms with Crippen LogP contribution in [0.4, 0.5) is 0 Å². The van der Waals surface area contributed by atoms with Crippen molar-refractivity contribution in [3.63, 3.8) is 0 Å². The van der Waals surface area contributed by atoms with Crippen LogP contribution in [0, 0.1) is 12.8 Å². The second-order valence-electron chi connectivity index (χ2n) is 5.36. The summed E-state index contributed by atoms with van der Waals surface area (Å²) in [4.78, 5) is 0. The molecule has 2 aromatic rings. The fourth-order valence-corrected chi connectivity index (χ4v) is 2.26. The summed E-state index contributed by atoms with van der Waals surface area (Å²) in [5, 5.41) is 11.0. The molecule has 0 fully saturated rings. The van der Waals surface area contributed by atoms with Crippen LogP contribution in [0.2, 0.25) is 0 Å². The van der Waals surface area contributed by atoms with E-state index in [9.17, 15) is 0 Å². The van der Waals surface area contributed by atoms with Crippen LogP contribution in [0.3, 0.4) is 0 Å². The molecular formula is C15H20BrN3O2. The minimum Gasteiger partial charge on any atom is -0.487 e. The van der Waals surface area contributed by atoms with Crippen molar-refractivity contribution in [2.24, 2.45) is 5.92 Å². The summed E-state index contributed by atoms with van der Waals surface area (Å²) in [6.45, 7) is 8.31. The fourth-order valence-electron chi connectivity index (χ4n) is 1.85. The van der Waals surface area contributed by atoms with Crippen LogP contribution in [0.1, 0.15) is 30.8 Å². The van der Waals surface area contributed by atoms with E-state index in [0.29, 0.717) is 12.5 Å². The predicted octanol–water partition coefficient (Wildman–Crippen LogP) is 3.47. The minimum absolute atomic E-state index is 0.355. The maximum Gasteiger partial charge on any atom is 0.145 e. The number of aromatic nitrogens is 2. The molecule has 21 heavy (non-hydrogen) atoms. The molecule has 0 aliphatic carbocycles. The van der Waals surface area contributed by atoms with Crippen molar-refractivity contribution in [3.8, 4) is 5.75 Å². The molecule has 1 N–H and O–H groups in total. The molecule has 0 atom stereocenters. The van der Waals surface area contributed by atoms with Gasteiger partial charge < -0.3 is 10.1 Å². The first-order valence-electron chi connectivity index (χ1n) is 6.96. The second-order valence-corrected chi connectivity index (χ2v) is 6.28. The van der Waals surface area contributed by atoms with Crippen LogP contribution >= 0.6 is 15.9 Å². The largest absolute Gasteiger partial charge is 0.487 e. The number of ether oxygens (including phenoxy) is 1. The summed E-state index contributed by atoms with van der Waals surface area (Å²) >= 11 is 3.50. The van der Waals surface area contributed by atoms with E-state index in [-0.39, 0.29) is 0 Å². The number of benzene rings is 1. The van der Waals surface area contributed by atoms with Crippen molar-refractivity contribution in [2.75, 3.05) is 6.54 Å². The maximum absolute atomic E-state index is 5.85. The summed E-state index contributed by atoms with van der Waals surface area (Å²) in [5.74, 6) is 1.46. The molecule has 0 radical (unpaired) electrons. The number of hydrogen-bond acceptors (Lipinski definition) is 5. The summed E-state index contributed by atoms with van der Waals surface area (Å²) in [7, 11) is 0. The Balaban J connectivity index is 2.02. The van der Waals surface area contributed by atoms with E-state index in [1.165, 1.54) is 0 Å². The van der Waals surface area contributed by atoms with E-state index in [4.69, 9.17) is 4.74 Å². The Morgan fingerprint density at radius 2 is 2.14 bits per heavy atom. The van der Waals surface area contributed by atoms with Crippen LogP contribution < -0.4 is 10.1 Å². The zero-order valence-electron chi connectivity index (χ0n) is 12.5. The average Bonchev–Trinajstić information content (AvgIpc) is 2.83. The highest BCUT2D eigenvalue weighted by molar-refractivity contribution is 9.10. The van der Waals surface area contributed by atoms with Crippen LogP contribution in [0.15, 0.2) is 27.3 Å². The lowest BCUT2D eigenvalue weighted by Gasteiger charge is -2.13. The topological polar surface area (TPSA) is 60.2 Å². The lowest BCUT2D eigenvalue weighted by molar-refractivity contribution is 0.268. The third-order valence-corrected chi connectivity index (χ3v) is 3.49. The Bertz CT molecular complexity index is 584. The molecule has 0 spiro atoms. The summed E-state index contributed by atoms with van der Waals surface area (Å²) in [6.07, 6.45) is 0. The average molecular weight is 354 g/mol. The van der Waals surface area contributed by atoms with Gasteiger partial charge in [0.25, 0.3) is 0 Å². The Morgan fingerprint density at radius 3 is 2.81 bits per heavy atom. The van der Waals surface area contributed by atoms with Gasteiger partial charge in [-0.1, -0.05) is 40.1 Å². The van der Waals surface area contributed by atoms with Gasteiger partial charge in [0.1, 0.15) is 23.7 Å². The van der Waals surface area contributed by atoms with E-state index in [1.54, 1.807) is 0 Å². The third kappa shape index (κ3) is 4.82. The standard InChI is InChI=1S/C15H20BrN3O2/c1-10(2)7-17-8-12-6-13(16)4-5-15(12)20-9-14-11(3)18-21-19-14/h4-6,10,17H,7-9H2,1-3H3. The number of aryl methyl sites for hydroxylation is 1. The van der Waals surface area contributed by atoms with E-state index in [0.717, 1.165) is 40.3 Å². The van der Waals surface area contributed by atoms with Crippen molar-refractivity contribution in [2.45, 2.75) is 33.9 Å². The SMILES string of the molecule is Cc1nonc1COc1ccc(Br)cc1CNCC(C)C. The summed E-state index contributed by atoms with van der Waals surface area (Å²) in [5.41, 5.74) is 2.59. The van der Waals surface area contributed by atoms with Gasteiger partial charge >= 0.3 is 0 Å². The summed E-state index contributed by atoms with van der Waals surface area (Å²) in [6, 6.07) is 5.99. The zero-order chi connectivity index (χ0) is 15.2. The number of halogens is 1. The first kappa shape index (κ1) is 16.0. The van der Waals surface area contributed by atoms with Crippen LogP contribution in [0.5, 0.6) is 5.75 Å². The molecule has 0 saturated heterocycles. The van der Waals surface area contributed by atoms with Gasteiger partial charge in [-0.2, -0.15) is 0 Å². The normalized spacial score (nSPS) is 11.1. The number of nitrogens with zero attached hydrogens (tertiary/aromatic N) is 2. The highest BCUT2D eigenvalue weighted by atomic mass is 79.9. The van der Waals surface area contributed by atoms with Crippen molar-refractivity contribution >= 4 is 15.9 Å². The van der Waals surface area contributed by atoms with Crippen LogP contribution in [0.25, 0.3) is 0 Å². The van der Waals surface area contributed by atoms with Crippen molar-refractivity contribution in [1.29, 1.82) is 0 Å². The smallest absolute Gasteiger partial charge is 0.145 e. The maximum atomic E-state index is 5.85. The highest BCUT2D eigenvalue weighted by Crippen LogP contribution is 2.24. The Morgan fingerprint density at radius 1 is 1.33 bits per heavy atom. The molecule has 0 aliphatic rings. The van der Waals surface area contributed by atoms with Crippen molar-refractivity contribution in [1.82, 2.24) is 15.6 Å². The summed E-state index contributed by atoms with van der Waals surface area (Å²) < 4.78 is 11.6. The second kappa shape index (κ2) is 7.56. The van der Waals surface area contributed by atoms with Gasteiger partial charge in [-0.15, -0.1) is 0 Å². The monoisotopic (exact) mass is 353 g/mol. The molecule has 1 heterocycles. The molecule has 0 amide bonds. The quantitative estimate of drug-likeness (QED) is 0.825. The molecule has 5 nitrogen and oxygen atoms in total. The molecule has 1 aromatic heterocycles. The first-order valence-corrected chi connectivity index (χ1v) is 7.75.